The normalized spacial score (nSPS) is 14.4. The highest BCUT2D eigenvalue weighted by Gasteiger charge is 2.22. The standard InChI is InChI=1S/C17H22N4O2/c1-11-6-4-7-12(2)16(11)23-10-15(22)18-13(3)17-20-19-14-8-5-9-21(14)17/h4,6-7,13H,5,8-10H2,1-3H3,(H,18,22). The van der Waals surface area contributed by atoms with Gasteiger partial charge in [0.25, 0.3) is 5.91 Å². The summed E-state index contributed by atoms with van der Waals surface area (Å²) in [4.78, 5) is 12.2. The lowest BCUT2D eigenvalue weighted by Gasteiger charge is -2.15. The van der Waals surface area contributed by atoms with Crippen molar-refractivity contribution in [2.75, 3.05) is 6.61 Å². The van der Waals surface area contributed by atoms with E-state index in [2.05, 4.69) is 20.1 Å². The molecule has 0 radical (unpaired) electrons. The van der Waals surface area contributed by atoms with Gasteiger partial charge >= 0.3 is 0 Å². The largest absolute Gasteiger partial charge is 0.483 e. The molecule has 1 unspecified atom stereocenters. The van der Waals surface area contributed by atoms with Crippen molar-refractivity contribution in [2.45, 2.75) is 46.2 Å². The number of carbonyl (C=O) groups excluding carboxylic acids is 1. The molecule has 0 bridgehead atoms. The van der Waals surface area contributed by atoms with Crippen LogP contribution in [0.4, 0.5) is 0 Å². The van der Waals surface area contributed by atoms with E-state index in [1.807, 2.05) is 39.0 Å². The molecule has 1 amide bonds. The minimum Gasteiger partial charge on any atom is -0.483 e. The Morgan fingerprint density at radius 2 is 2.09 bits per heavy atom. The summed E-state index contributed by atoms with van der Waals surface area (Å²) in [6.45, 7) is 6.80. The highest BCUT2D eigenvalue weighted by atomic mass is 16.5. The molecular weight excluding hydrogens is 292 g/mol. The lowest BCUT2D eigenvalue weighted by atomic mass is 10.1. The molecule has 1 aromatic heterocycles. The first-order valence-corrected chi connectivity index (χ1v) is 7.96. The summed E-state index contributed by atoms with van der Waals surface area (Å²) in [5.41, 5.74) is 2.06. The highest BCUT2D eigenvalue weighted by Crippen LogP contribution is 2.22. The maximum absolute atomic E-state index is 12.2. The Bertz CT molecular complexity index is 703. The van der Waals surface area contributed by atoms with Gasteiger partial charge in [-0.3, -0.25) is 4.79 Å². The van der Waals surface area contributed by atoms with E-state index in [1.165, 1.54) is 0 Å². The third kappa shape index (κ3) is 3.21. The lowest BCUT2D eigenvalue weighted by molar-refractivity contribution is -0.123. The molecule has 122 valence electrons. The smallest absolute Gasteiger partial charge is 0.258 e. The van der Waals surface area contributed by atoms with Gasteiger partial charge in [0.15, 0.2) is 12.4 Å². The number of amides is 1. The summed E-state index contributed by atoms with van der Waals surface area (Å²) < 4.78 is 7.78. The van der Waals surface area contributed by atoms with E-state index in [9.17, 15) is 4.79 Å². The van der Waals surface area contributed by atoms with Gasteiger partial charge in [-0.2, -0.15) is 0 Å². The van der Waals surface area contributed by atoms with Crippen molar-refractivity contribution in [3.8, 4) is 5.75 Å². The zero-order valence-corrected chi connectivity index (χ0v) is 13.8. The molecule has 1 aromatic carbocycles. The number of hydrogen-bond acceptors (Lipinski definition) is 4. The molecule has 6 heteroatoms. The predicted octanol–water partition coefficient (Wildman–Crippen LogP) is 2.10. The highest BCUT2D eigenvalue weighted by molar-refractivity contribution is 5.78. The molecule has 0 aliphatic carbocycles. The molecule has 0 saturated heterocycles. The van der Waals surface area contributed by atoms with Crippen molar-refractivity contribution in [3.05, 3.63) is 41.0 Å². The number of aromatic nitrogens is 3. The number of nitrogens with one attached hydrogen (secondary N) is 1. The topological polar surface area (TPSA) is 69.0 Å². The van der Waals surface area contributed by atoms with Gasteiger partial charge in [0.05, 0.1) is 6.04 Å². The van der Waals surface area contributed by atoms with Gasteiger partial charge < -0.3 is 14.6 Å². The summed E-state index contributed by atoms with van der Waals surface area (Å²) in [7, 11) is 0. The number of ether oxygens (including phenoxy) is 1. The van der Waals surface area contributed by atoms with Gasteiger partial charge in [-0.15, -0.1) is 10.2 Å². The first-order chi connectivity index (χ1) is 11.1. The summed E-state index contributed by atoms with van der Waals surface area (Å²) in [5.74, 6) is 2.44. The molecule has 0 fully saturated rings. The van der Waals surface area contributed by atoms with Crippen LogP contribution in [0.3, 0.4) is 0 Å². The van der Waals surface area contributed by atoms with Crippen LogP contribution in [-0.4, -0.2) is 27.3 Å². The SMILES string of the molecule is Cc1cccc(C)c1OCC(=O)NC(C)c1nnc2n1CCC2. The zero-order valence-electron chi connectivity index (χ0n) is 13.8. The van der Waals surface area contributed by atoms with Gasteiger partial charge in [-0.25, -0.2) is 0 Å². The van der Waals surface area contributed by atoms with Crippen LogP contribution in [0.2, 0.25) is 0 Å². The molecule has 6 nitrogen and oxygen atoms in total. The monoisotopic (exact) mass is 314 g/mol. The minimum atomic E-state index is -0.177. The summed E-state index contributed by atoms with van der Waals surface area (Å²) >= 11 is 0. The molecule has 1 aliphatic rings. The quantitative estimate of drug-likeness (QED) is 0.917. The van der Waals surface area contributed by atoms with E-state index < -0.39 is 0 Å². The van der Waals surface area contributed by atoms with Crippen LogP contribution in [0.1, 0.15) is 42.2 Å². The predicted molar refractivity (Wildman–Crippen MR) is 86.3 cm³/mol. The number of nitrogens with zero attached hydrogens (tertiary/aromatic N) is 3. The average Bonchev–Trinajstić information content (AvgIpc) is 3.09. The average molecular weight is 314 g/mol. The Morgan fingerprint density at radius 3 is 2.83 bits per heavy atom. The van der Waals surface area contributed by atoms with Crippen LogP contribution < -0.4 is 10.1 Å². The summed E-state index contributed by atoms with van der Waals surface area (Å²) in [5, 5.41) is 11.3. The number of rotatable bonds is 5. The Hall–Kier alpha value is -2.37. The second kappa shape index (κ2) is 6.40. The van der Waals surface area contributed by atoms with Crippen LogP contribution in [0, 0.1) is 13.8 Å². The fraction of sp³-hybridized carbons (Fsp3) is 0.471. The molecule has 2 heterocycles. The fourth-order valence-electron chi connectivity index (χ4n) is 3.01. The molecule has 0 spiro atoms. The first kappa shape index (κ1) is 15.5. The first-order valence-electron chi connectivity index (χ1n) is 7.96. The molecule has 1 atom stereocenters. The molecule has 2 aromatic rings. The van der Waals surface area contributed by atoms with Crippen molar-refractivity contribution in [1.82, 2.24) is 20.1 Å². The van der Waals surface area contributed by atoms with Crippen LogP contribution in [-0.2, 0) is 17.8 Å². The van der Waals surface area contributed by atoms with Crippen molar-refractivity contribution in [1.29, 1.82) is 0 Å². The van der Waals surface area contributed by atoms with Crippen LogP contribution in [0.5, 0.6) is 5.75 Å². The van der Waals surface area contributed by atoms with Crippen molar-refractivity contribution in [2.24, 2.45) is 0 Å². The van der Waals surface area contributed by atoms with E-state index in [0.717, 1.165) is 47.9 Å². The van der Waals surface area contributed by atoms with Crippen molar-refractivity contribution < 1.29 is 9.53 Å². The van der Waals surface area contributed by atoms with Gasteiger partial charge in [0, 0.05) is 13.0 Å². The van der Waals surface area contributed by atoms with Gasteiger partial charge in [0.2, 0.25) is 0 Å². The fourth-order valence-corrected chi connectivity index (χ4v) is 3.01. The van der Waals surface area contributed by atoms with Gasteiger partial charge in [0.1, 0.15) is 11.6 Å². The van der Waals surface area contributed by atoms with Crippen LogP contribution in [0.25, 0.3) is 0 Å². The minimum absolute atomic E-state index is 0.00295. The molecule has 1 N–H and O–H groups in total. The number of benzene rings is 1. The Labute approximate surface area is 135 Å². The number of hydrogen-bond donors (Lipinski definition) is 1. The van der Waals surface area contributed by atoms with E-state index in [-0.39, 0.29) is 18.6 Å². The summed E-state index contributed by atoms with van der Waals surface area (Å²) in [6, 6.07) is 5.75. The van der Waals surface area contributed by atoms with Crippen molar-refractivity contribution >= 4 is 5.91 Å². The Balaban J connectivity index is 1.59. The number of para-hydroxylation sites is 1. The second-order valence-corrected chi connectivity index (χ2v) is 6.03. The zero-order chi connectivity index (χ0) is 16.4. The number of aryl methyl sites for hydroxylation is 3. The maximum atomic E-state index is 12.2. The van der Waals surface area contributed by atoms with E-state index in [4.69, 9.17) is 4.74 Å². The number of fused-ring (bicyclic) bond motifs is 1. The molecular formula is C17H22N4O2. The third-order valence-corrected chi connectivity index (χ3v) is 4.16. The summed E-state index contributed by atoms with van der Waals surface area (Å²) in [6.07, 6.45) is 2.05. The molecule has 23 heavy (non-hydrogen) atoms. The van der Waals surface area contributed by atoms with E-state index in [1.54, 1.807) is 0 Å². The van der Waals surface area contributed by atoms with E-state index >= 15 is 0 Å². The van der Waals surface area contributed by atoms with Crippen LogP contribution >= 0.6 is 0 Å². The molecule has 1 aliphatic heterocycles. The number of carbonyl (C=O) groups is 1. The van der Waals surface area contributed by atoms with E-state index in [0.29, 0.717) is 0 Å². The maximum Gasteiger partial charge on any atom is 0.258 e. The second-order valence-electron chi connectivity index (χ2n) is 6.03. The molecule has 3 rings (SSSR count). The lowest BCUT2D eigenvalue weighted by Crippen LogP contribution is -2.32. The van der Waals surface area contributed by atoms with Crippen LogP contribution in [0.15, 0.2) is 18.2 Å². The van der Waals surface area contributed by atoms with Gasteiger partial charge in [-0.05, 0) is 38.3 Å². The Kier molecular flexibility index (Phi) is 4.32. The molecule has 0 saturated carbocycles. The van der Waals surface area contributed by atoms with Crippen molar-refractivity contribution in [3.63, 3.8) is 0 Å². The van der Waals surface area contributed by atoms with Gasteiger partial charge in [-0.1, -0.05) is 18.2 Å². The third-order valence-electron chi connectivity index (χ3n) is 4.16. The Morgan fingerprint density at radius 1 is 1.35 bits per heavy atom.